The number of nitro benzene ring substituents is 1. The monoisotopic (exact) mass is 247 g/mol. The van der Waals surface area contributed by atoms with Crippen molar-refractivity contribution in [3.05, 3.63) is 40.7 Å². The van der Waals surface area contributed by atoms with E-state index in [0.29, 0.717) is 29.7 Å². The maximum Gasteiger partial charge on any atom is 0.279 e. The number of pyridine rings is 1. The number of non-ortho nitro benzene ring substituents is 1. The summed E-state index contributed by atoms with van der Waals surface area (Å²) in [6.07, 6.45) is 3.08. The Morgan fingerprint density at radius 1 is 1.39 bits per heavy atom. The molecule has 0 bridgehead atoms. The van der Waals surface area contributed by atoms with Gasteiger partial charge >= 0.3 is 0 Å². The number of fused-ring (bicyclic) bond motifs is 1. The van der Waals surface area contributed by atoms with E-state index in [1.165, 1.54) is 12.3 Å². The van der Waals surface area contributed by atoms with Crippen LogP contribution in [0.3, 0.4) is 0 Å². The first kappa shape index (κ1) is 12.3. The molecule has 0 aliphatic heterocycles. The third-order valence-electron chi connectivity index (χ3n) is 2.56. The summed E-state index contributed by atoms with van der Waals surface area (Å²) in [7, 11) is 1.83. The van der Waals surface area contributed by atoms with Crippen molar-refractivity contribution in [1.82, 2.24) is 10.3 Å². The van der Waals surface area contributed by atoms with E-state index in [2.05, 4.69) is 10.3 Å². The zero-order valence-corrected chi connectivity index (χ0v) is 9.92. The number of ether oxygens (including phenoxy) is 1. The fourth-order valence-electron chi connectivity index (χ4n) is 1.70. The van der Waals surface area contributed by atoms with Gasteiger partial charge in [0.05, 0.1) is 10.3 Å². The van der Waals surface area contributed by atoms with Crippen LogP contribution in [0.2, 0.25) is 0 Å². The van der Waals surface area contributed by atoms with Gasteiger partial charge in [-0.1, -0.05) is 0 Å². The van der Waals surface area contributed by atoms with Crippen LogP contribution in [-0.2, 0) is 0 Å². The summed E-state index contributed by atoms with van der Waals surface area (Å²) in [5.74, 6) is 0.633. The summed E-state index contributed by atoms with van der Waals surface area (Å²) >= 11 is 0. The van der Waals surface area contributed by atoms with E-state index in [1.54, 1.807) is 18.3 Å². The normalized spacial score (nSPS) is 10.5. The number of rotatable bonds is 5. The van der Waals surface area contributed by atoms with Gasteiger partial charge in [0, 0.05) is 30.4 Å². The third-order valence-corrected chi connectivity index (χ3v) is 2.56. The first-order chi connectivity index (χ1) is 8.74. The SMILES string of the molecule is CNCCOc1ccc([N+](=O)[O-])c2cnccc12. The number of nitrogens with one attached hydrogen (secondary N) is 1. The Bertz CT molecular complexity index is 571. The summed E-state index contributed by atoms with van der Waals surface area (Å²) in [5.41, 5.74) is 0.0408. The van der Waals surface area contributed by atoms with Gasteiger partial charge in [-0.25, -0.2) is 0 Å². The Labute approximate surface area is 104 Å². The average Bonchev–Trinajstić information content (AvgIpc) is 2.38. The van der Waals surface area contributed by atoms with Crippen molar-refractivity contribution in [2.24, 2.45) is 0 Å². The lowest BCUT2D eigenvalue weighted by atomic mass is 10.1. The Morgan fingerprint density at radius 2 is 2.22 bits per heavy atom. The molecule has 6 nitrogen and oxygen atoms in total. The molecule has 1 heterocycles. The third kappa shape index (κ3) is 2.38. The van der Waals surface area contributed by atoms with E-state index in [0.717, 1.165) is 0 Å². The number of likely N-dealkylation sites (N-methyl/N-ethyl adjacent to an activating group) is 1. The van der Waals surface area contributed by atoms with Crippen LogP contribution in [0, 0.1) is 10.1 Å². The van der Waals surface area contributed by atoms with E-state index in [-0.39, 0.29) is 5.69 Å². The standard InChI is InChI=1S/C12H13N3O3/c1-13-6-7-18-12-3-2-11(15(16)17)10-8-14-5-4-9(10)12/h2-5,8,13H,6-7H2,1H3. The van der Waals surface area contributed by atoms with E-state index in [1.807, 2.05) is 7.05 Å². The van der Waals surface area contributed by atoms with Crippen molar-refractivity contribution in [1.29, 1.82) is 0 Å². The molecule has 2 aromatic rings. The van der Waals surface area contributed by atoms with Gasteiger partial charge in [-0.3, -0.25) is 15.1 Å². The van der Waals surface area contributed by atoms with Crippen LogP contribution in [-0.4, -0.2) is 30.1 Å². The van der Waals surface area contributed by atoms with Gasteiger partial charge in [-0.15, -0.1) is 0 Å². The number of nitro groups is 1. The molecule has 0 saturated carbocycles. The minimum absolute atomic E-state index is 0.0408. The van der Waals surface area contributed by atoms with Gasteiger partial charge in [0.15, 0.2) is 0 Å². The van der Waals surface area contributed by atoms with E-state index < -0.39 is 4.92 Å². The molecule has 0 saturated heterocycles. The molecule has 0 spiro atoms. The highest BCUT2D eigenvalue weighted by molar-refractivity contribution is 5.94. The molecule has 1 aromatic carbocycles. The number of hydrogen-bond donors (Lipinski definition) is 1. The lowest BCUT2D eigenvalue weighted by Gasteiger charge is -2.08. The molecule has 2 rings (SSSR count). The van der Waals surface area contributed by atoms with Gasteiger partial charge in [0.2, 0.25) is 0 Å². The topological polar surface area (TPSA) is 77.3 Å². The summed E-state index contributed by atoms with van der Waals surface area (Å²) in [5, 5.41) is 15.1. The molecule has 0 aliphatic rings. The highest BCUT2D eigenvalue weighted by atomic mass is 16.6. The van der Waals surface area contributed by atoms with E-state index in [9.17, 15) is 10.1 Å². The minimum Gasteiger partial charge on any atom is -0.492 e. The van der Waals surface area contributed by atoms with Crippen molar-refractivity contribution in [3.8, 4) is 5.75 Å². The first-order valence-electron chi connectivity index (χ1n) is 5.52. The second-order valence-electron chi connectivity index (χ2n) is 3.71. The number of nitrogens with zero attached hydrogens (tertiary/aromatic N) is 2. The van der Waals surface area contributed by atoms with Crippen molar-refractivity contribution < 1.29 is 9.66 Å². The Kier molecular flexibility index (Phi) is 3.69. The molecule has 0 amide bonds. The highest BCUT2D eigenvalue weighted by Gasteiger charge is 2.14. The Morgan fingerprint density at radius 3 is 2.94 bits per heavy atom. The van der Waals surface area contributed by atoms with Crippen molar-refractivity contribution in [2.75, 3.05) is 20.2 Å². The summed E-state index contributed by atoms with van der Waals surface area (Å²) in [4.78, 5) is 14.4. The lowest BCUT2D eigenvalue weighted by Crippen LogP contribution is -2.16. The van der Waals surface area contributed by atoms with Crippen LogP contribution >= 0.6 is 0 Å². The maximum atomic E-state index is 10.9. The van der Waals surface area contributed by atoms with E-state index in [4.69, 9.17) is 4.74 Å². The Hall–Kier alpha value is -2.21. The molecule has 0 atom stereocenters. The van der Waals surface area contributed by atoms with Crippen molar-refractivity contribution in [2.45, 2.75) is 0 Å². The van der Waals surface area contributed by atoms with Gasteiger partial charge < -0.3 is 10.1 Å². The largest absolute Gasteiger partial charge is 0.492 e. The molecule has 1 N–H and O–H groups in total. The fraction of sp³-hybridized carbons (Fsp3) is 0.250. The first-order valence-corrected chi connectivity index (χ1v) is 5.52. The smallest absolute Gasteiger partial charge is 0.279 e. The van der Waals surface area contributed by atoms with Crippen LogP contribution in [0.5, 0.6) is 5.75 Å². The molecule has 0 radical (unpaired) electrons. The van der Waals surface area contributed by atoms with Crippen LogP contribution < -0.4 is 10.1 Å². The van der Waals surface area contributed by atoms with Crippen molar-refractivity contribution >= 4 is 16.5 Å². The lowest BCUT2D eigenvalue weighted by molar-refractivity contribution is -0.383. The van der Waals surface area contributed by atoms with Crippen LogP contribution in [0.1, 0.15) is 0 Å². The van der Waals surface area contributed by atoms with Gasteiger partial charge in [-0.2, -0.15) is 0 Å². The zero-order valence-electron chi connectivity index (χ0n) is 9.92. The second kappa shape index (κ2) is 5.42. The molecule has 0 aliphatic carbocycles. The van der Waals surface area contributed by atoms with Crippen molar-refractivity contribution in [3.63, 3.8) is 0 Å². The van der Waals surface area contributed by atoms with E-state index >= 15 is 0 Å². The summed E-state index contributed by atoms with van der Waals surface area (Å²) < 4.78 is 5.58. The minimum atomic E-state index is -0.415. The molecule has 18 heavy (non-hydrogen) atoms. The fourth-order valence-corrected chi connectivity index (χ4v) is 1.70. The molecule has 1 aromatic heterocycles. The number of hydrogen-bond acceptors (Lipinski definition) is 5. The average molecular weight is 247 g/mol. The second-order valence-corrected chi connectivity index (χ2v) is 3.71. The zero-order chi connectivity index (χ0) is 13.0. The predicted molar refractivity (Wildman–Crippen MR) is 67.8 cm³/mol. The molecule has 6 heteroatoms. The summed E-state index contributed by atoms with van der Waals surface area (Å²) in [6, 6.07) is 4.78. The Balaban J connectivity index is 2.44. The molecular formula is C12H13N3O3. The molecule has 0 unspecified atom stereocenters. The summed E-state index contributed by atoms with van der Waals surface area (Å²) in [6.45, 7) is 1.22. The number of benzene rings is 1. The number of aromatic nitrogens is 1. The maximum absolute atomic E-state index is 10.9. The van der Waals surface area contributed by atoms with Gasteiger partial charge in [-0.05, 0) is 19.2 Å². The van der Waals surface area contributed by atoms with Crippen LogP contribution in [0.4, 0.5) is 5.69 Å². The molecule has 94 valence electrons. The highest BCUT2D eigenvalue weighted by Crippen LogP contribution is 2.31. The quantitative estimate of drug-likeness (QED) is 0.494. The predicted octanol–water partition coefficient (Wildman–Crippen LogP) is 1.74. The van der Waals surface area contributed by atoms with Gasteiger partial charge in [0.25, 0.3) is 5.69 Å². The molecule has 0 fully saturated rings. The molecular weight excluding hydrogens is 234 g/mol. The van der Waals surface area contributed by atoms with Crippen LogP contribution in [0.15, 0.2) is 30.6 Å². The van der Waals surface area contributed by atoms with Crippen LogP contribution in [0.25, 0.3) is 10.8 Å². The van der Waals surface area contributed by atoms with Gasteiger partial charge in [0.1, 0.15) is 12.4 Å².